The molecule has 0 atom stereocenters. The van der Waals surface area contributed by atoms with Crippen molar-refractivity contribution in [3.8, 4) is 0 Å². The summed E-state index contributed by atoms with van der Waals surface area (Å²) in [6.45, 7) is 6.42. The van der Waals surface area contributed by atoms with Crippen molar-refractivity contribution >= 4 is 17.2 Å². The second-order valence-electron chi connectivity index (χ2n) is 6.00. The van der Waals surface area contributed by atoms with E-state index in [4.69, 9.17) is 11.5 Å². The zero-order valence-corrected chi connectivity index (χ0v) is 12.1. The highest BCUT2D eigenvalue weighted by Crippen LogP contribution is 2.24. The summed E-state index contributed by atoms with van der Waals surface area (Å²) in [5.41, 5.74) is 14.9. The third kappa shape index (κ3) is 2.82. The minimum atomic E-state index is -0.0806. The van der Waals surface area contributed by atoms with Crippen LogP contribution in [0.25, 0.3) is 0 Å². The largest absolute Gasteiger partial charge is 0.399 e. The van der Waals surface area contributed by atoms with Crippen LogP contribution in [0.3, 0.4) is 0 Å². The SMILES string of the molecule is CC(C)(C)c1ccc(C(=O)c2ccc(N)cc2N)cc1. The molecule has 0 bridgehead atoms. The van der Waals surface area contributed by atoms with E-state index < -0.39 is 0 Å². The molecular formula is C17H20N2O. The first-order valence-electron chi connectivity index (χ1n) is 6.59. The number of hydrogen-bond donors (Lipinski definition) is 2. The third-order valence-electron chi connectivity index (χ3n) is 3.33. The van der Waals surface area contributed by atoms with Gasteiger partial charge in [-0.25, -0.2) is 0 Å². The number of carbonyl (C=O) groups excluding carboxylic acids is 1. The van der Waals surface area contributed by atoms with E-state index in [1.54, 1.807) is 18.2 Å². The summed E-state index contributed by atoms with van der Waals surface area (Å²) in [5.74, 6) is -0.0806. The van der Waals surface area contributed by atoms with E-state index in [2.05, 4.69) is 20.8 Å². The van der Waals surface area contributed by atoms with Crippen molar-refractivity contribution in [2.24, 2.45) is 0 Å². The molecular weight excluding hydrogens is 248 g/mol. The van der Waals surface area contributed by atoms with E-state index in [9.17, 15) is 4.79 Å². The molecule has 0 unspecified atom stereocenters. The van der Waals surface area contributed by atoms with Crippen molar-refractivity contribution in [2.75, 3.05) is 11.5 Å². The second-order valence-corrected chi connectivity index (χ2v) is 6.00. The van der Waals surface area contributed by atoms with Crippen molar-refractivity contribution in [1.29, 1.82) is 0 Å². The van der Waals surface area contributed by atoms with Crippen LogP contribution < -0.4 is 11.5 Å². The topological polar surface area (TPSA) is 69.1 Å². The van der Waals surface area contributed by atoms with Crippen LogP contribution in [-0.4, -0.2) is 5.78 Å². The predicted octanol–water partition coefficient (Wildman–Crippen LogP) is 3.38. The first kappa shape index (κ1) is 14.1. The van der Waals surface area contributed by atoms with Gasteiger partial charge < -0.3 is 11.5 Å². The van der Waals surface area contributed by atoms with Crippen LogP contribution in [0.5, 0.6) is 0 Å². The lowest BCUT2D eigenvalue weighted by Crippen LogP contribution is -2.12. The van der Waals surface area contributed by atoms with Crippen molar-refractivity contribution in [3.05, 3.63) is 59.2 Å². The summed E-state index contributed by atoms with van der Waals surface area (Å²) in [6.07, 6.45) is 0. The van der Waals surface area contributed by atoms with Crippen LogP contribution in [0.4, 0.5) is 11.4 Å². The Hall–Kier alpha value is -2.29. The number of hydrogen-bond acceptors (Lipinski definition) is 3. The molecule has 0 spiro atoms. The Labute approximate surface area is 119 Å². The number of nitrogen functional groups attached to an aromatic ring is 2. The van der Waals surface area contributed by atoms with Gasteiger partial charge in [-0.3, -0.25) is 4.79 Å². The van der Waals surface area contributed by atoms with Crippen molar-refractivity contribution in [1.82, 2.24) is 0 Å². The van der Waals surface area contributed by atoms with Crippen LogP contribution in [0.15, 0.2) is 42.5 Å². The normalized spacial score (nSPS) is 11.3. The molecule has 3 nitrogen and oxygen atoms in total. The summed E-state index contributed by atoms with van der Waals surface area (Å²) in [7, 11) is 0. The highest BCUT2D eigenvalue weighted by Gasteiger charge is 2.16. The van der Waals surface area contributed by atoms with E-state index in [0.29, 0.717) is 22.5 Å². The van der Waals surface area contributed by atoms with Crippen molar-refractivity contribution in [2.45, 2.75) is 26.2 Å². The summed E-state index contributed by atoms with van der Waals surface area (Å²) in [6, 6.07) is 12.6. The molecule has 0 aliphatic heterocycles. The molecule has 0 fully saturated rings. The van der Waals surface area contributed by atoms with Gasteiger partial charge in [0.05, 0.1) is 0 Å². The van der Waals surface area contributed by atoms with Gasteiger partial charge in [0.25, 0.3) is 0 Å². The van der Waals surface area contributed by atoms with E-state index in [0.717, 1.165) is 0 Å². The van der Waals surface area contributed by atoms with Crippen molar-refractivity contribution < 1.29 is 4.79 Å². The first-order valence-corrected chi connectivity index (χ1v) is 6.59. The van der Waals surface area contributed by atoms with Gasteiger partial charge >= 0.3 is 0 Å². The Morgan fingerprint density at radius 3 is 2.05 bits per heavy atom. The first-order chi connectivity index (χ1) is 9.29. The number of anilines is 2. The number of benzene rings is 2. The van der Waals surface area contributed by atoms with E-state index >= 15 is 0 Å². The molecule has 4 N–H and O–H groups in total. The minimum absolute atomic E-state index is 0.0712. The number of nitrogens with two attached hydrogens (primary N) is 2. The number of rotatable bonds is 2. The van der Waals surface area contributed by atoms with Crippen LogP contribution >= 0.6 is 0 Å². The van der Waals surface area contributed by atoms with Crippen molar-refractivity contribution in [3.63, 3.8) is 0 Å². The predicted molar refractivity (Wildman–Crippen MR) is 83.8 cm³/mol. The Morgan fingerprint density at radius 1 is 0.950 bits per heavy atom. The maximum absolute atomic E-state index is 12.4. The second kappa shape index (κ2) is 5.00. The molecule has 0 aromatic heterocycles. The van der Waals surface area contributed by atoms with Crippen LogP contribution in [0.1, 0.15) is 42.3 Å². The molecule has 20 heavy (non-hydrogen) atoms. The highest BCUT2D eigenvalue weighted by molar-refractivity contribution is 6.12. The molecule has 3 heteroatoms. The maximum atomic E-state index is 12.4. The monoisotopic (exact) mass is 268 g/mol. The number of ketones is 1. The lowest BCUT2D eigenvalue weighted by Gasteiger charge is -2.19. The lowest BCUT2D eigenvalue weighted by molar-refractivity contribution is 0.103. The molecule has 0 aliphatic rings. The summed E-state index contributed by atoms with van der Waals surface area (Å²) < 4.78 is 0. The fraction of sp³-hybridized carbons (Fsp3) is 0.235. The van der Waals surface area contributed by atoms with Gasteiger partial charge in [-0.05, 0) is 29.2 Å². The molecule has 2 aromatic carbocycles. The summed E-state index contributed by atoms with van der Waals surface area (Å²) >= 11 is 0. The molecule has 104 valence electrons. The molecule has 2 aromatic rings. The molecule has 2 rings (SSSR count). The van der Waals surface area contributed by atoms with Gasteiger partial charge in [0, 0.05) is 22.5 Å². The van der Waals surface area contributed by atoms with Gasteiger partial charge in [-0.15, -0.1) is 0 Å². The molecule has 0 saturated heterocycles. The fourth-order valence-electron chi connectivity index (χ4n) is 2.07. The Balaban J connectivity index is 2.34. The van der Waals surface area contributed by atoms with Crippen LogP contribution in [0, 0.1) is 0 Å². The highest BCUT2D eigenvalue weighted by atomic mass is 16.1. The standard InChI is InChI=1S/C17H20N2O/c1-17(2,3)12-6-4-11(5-7-12)16(20)14-9-8-13(18)10-15(14)19/h4-10H,18-19H2,1-3H3. The fourth-order valence-corrected chi connectivity index (χ4v) is 2.07. The van der Waals surface area contributed by atoms with Gasteiger partial charge in [0.15, 0.2) is 5.78 Å². The lowest BCUT2D eigenvalue weighted by atomic mass is 9.86. The van der Waals surface area contributed by atoms with Gasteiger partial charge in [-0.1, -0.05) is 45.0 Å². The molecule has 0 saturated carbocycles. The molecule has 0 aliphatic carbocycles. The van der Waals surface area contributed by atoms with Crippen LogP contribution in [-0.2, 0) is 5.41 Å². The minimum Gasteiger partial charge on any atom is -0.399 e. The molecule has 0 heterocycles. The van der Waals surface area contributed by atoms with Crippen LogP contribution in [0.2, 0.25) is 0 Å². The average molecular weight is 268 g/mol. The summed E-state index contributed by atoms with van der Waals surface area (Å²) in [5, 5.41) is 0. The average Bonchev–Trinajstić information content (AvgIpc) is 2.37. The Bertz CT molecular complexity index is 637. The summed E-state index contributed by atoms with van der Waals surface area (Å²) in [4.78, 5) is 12.4. The van der Waals surface area contributed by atoms with E-state index in [1.807, 2.05) is 24.3 Å². The van der Waals surface area contributed by atoms with E-state index in [-0.39, 0.29) is 11.2 Å². The maximum Gasteiger partial charge on any atom is 0.195 e. The van der Waals surface area contributed by atoms with Gasteiger partial charge in [0.1, 0.15) is 0 Å². The smallest absolute Gasteiger partial charge is 0.195 e. The zero-order valence-electron chi connectivity index (χ0n) is 12.1. The quantitative estimate of drug-likeness (QED) is 0.648. The molecule has 0 amide bonds. The Kier molecular flexibility index (Phi) is 3.53. The van der Waals surface area contributed by atoms with Gasteiger partial charge in [0.2, 0.25) is 0 Å². The van der Waals surface area contributed by atoms with Gasteiger partial charge in [-0.2, -0.15) is 0 Å². The Morgan fingerprint density at radius 2 is 1.55 bits per heavy atom. The molecule has 0 radical (unpaired) electrons. The zero-order chi connectivity index (χ0) is 14.9. The van der Waals surface area contributed by atoms with E-state index in [1.165, 1.54) is 5.56 Å². The number of carbonyl (C=O) groups is 1. The third-order valence-corrected chi connectivity index (χ3v) is 3.33.